The van der Waals surface area contributed by atoms with E-state index in [1.807, 2.05) is 12.1 Å². The number of carbonyl (C=O) groups is 3. The number of ketones is 1. The van der Waals surface area contributed by atoms with Gasteiger partial charge in [0, 0.05) is 43.1 Å². The Kier molecular flexibility index (Phi) is 7.64. The van der Waals surface area contributed by atoms with Gasteiger partial charge in [-0.05, 0) is 24.1 Å². The smallest absolute Gasteiger partial charge is 0.326 e. The Hall–Kier alpha value is -3.49. The van der Waals surface area contributed by atoms with E-state index in [0.717, 1.165) is 16.5 Å². The van der Waals surface area contributed by atoms with Crippen LogP contribution in [0, 0.1) is 0 Å². The summed E-state index contributed by atoms with van der Waals surface area (Å²) in [6, 6.07) is 4.21. The minimum Gasteiger partial charge on any atom is -0.497 e. The summed E-state index contributed by atoms with van der Waals surface area (Å²) in [7, 11) is 2.93. The molecule has 1 aromatic carbocycles. The fourth-order valence-corrected chi connectivity index (χ4v) is 2.88. The number of aliphatic carboxylic acids is 1. The molecule has 2 aromatic rings. The fraction of sp³-hybridized carbons (Fsp3) is 0.368. The van der Waals surface area contributed by atoms with Crippen molar-refractivity contribution in [2.45, 2.75) is 31.4 Å². The topological polar surface area (TPSA) is 154 Å². The molecule has 0 fully saturated rings. The van der Waals surface area contributed by atoms with E-state index in [1.54, 1.807) is 19.4 Å². The maximum absolute atomic E-state index is 12.5. The van der Waals surface area contributed by atoms with Gasteiger partial charge in [0.25, 0.3) is 0 Å². The number of nitrogens with zero attached hydrogens (tertiary/aromatic N) is 2. The van der Waals surface area contributed by atoms with Crippen LogP contribution in [-0.4, -0.2) is 65.1 Å². The van der Waals surface area contributed by atoms with Gasteiger partial charge in [-0.1, -0.05) is 0 Å². The van der Waals surface area contributed by atoms with Crippen LogP contribution in [0.15, 0.2) is 24.4 Å². The van der Waals surface area contributed by atoms with Crippen LogP contribution in [-0.2, 0) is 25.5 Å². The number of aromatic amines is 1. The Morgan fingerprint density at radius 2 is 2.10 bits per heavy atom. The molecule has 3 N–H and O–H groups in total. The molecule has 0 saturated heterocycles. The van der Waals surface area contributed by atoms with Crippen LogP contribution in [0.4, 0.5) is 0 Å². The van der Waals surface area contributed by atoms with E-state index in [-0.39, 0.29) is 19.3 Å². The number of Topliss-reactive ketones (excluding diaryl/α,β-unsaturated/α-hetero) is 1. The quantitative estimate of drug-likeness (QED) is 0.289. The first-order chi connectivity index (χ1) is 13.9. The third kappa shape index (κ3) is 5.74. The zero-order valence-corrected chi connectivity index (χ0v) is 16.0. The number of rotatable bonds is 11. The molecule has 1 amide bonds. The molecule has 154 valence electrons. The highest BCUT2D eigenvalue weighted by molar-refractivity contribution is 6.25. The number of H-pyrrole nitrogens is 1. The van der Waals surface area contributed by atoms with Crippen molar-refractivity contribution in [3.8, 4) is 5.75 Å². The van der Waals surface area contributed by atoms with Gasteiger partial charge in [0.1, 0.15) is 17.9 Å². The third-order valence-corrected chi connectivity index (χ3v) is 4.45. The van der Waals surface area contributed by atoms with Crippen LogP contribution in [0.3, 0.4) is 0 Å². The van der Waals surface area contributed by atoms with Crippen molar-refractivity contribution in [3.63, 3.8) is 0 Å². The maximum Gasteiger partial charge on any atom is 0.326 e. The molecule has 10 nitrogen and oxygen atoms in total. The molecular formula is C19H22N4O6. The normalized spacial score (nSPS) is 12.6. The predicted molar refractivity (Wildman–Crippen MR) is 103 cm³/mol. The molecule has 0 aliphatic rings. The van der Waals surface area contributed by atoms with Gasteiger partial charge in [0.2, 0.25) is 11.7 Å². The van der Waals surface area contributed by atoms with Gasteiger partial charge in [0.05, 0.1) is 7.11 Å². The zero-order valence-electron chi connectivity index (χ0n) is 16.0. The molecule has 1 heterocycles. The number of hydrogen-bond acceptors (Lipinski definition) is 5. The van der Waals surface area contributed by atoms with E-state index in [4.69, 9.17) is 15.0 Å². The van der Waals surface area contributed by atoms with Crippen LogP contribution in [0.25, 0.3) is 16.4 Å². The highest BCUT2D eigenvalue weighted by atomic mass is 16.5. The van der Waals surface area contributed by atoms with Crippen LogP contribution < -0.4 is 10.1 Å². The number of methoxy groups -OCH3 is 2. The predicted octanol–water partition coefficient (Wildman–Crippen LogP) is 0.953. The zero-order chi connectivity index (χ0) is 21.4. The summed E-state index contributed by atoms with van der Waals surface area (Å²) >= 11 is 0. The van der Waals surface area contributed by atoms with Crippen LogP contribution in [0.5, 0.6) is 5.75 Å². The number of hydrogen-bond donors (Lipinski definition) is 3. The van der Waals surface area contributed by atoms with Crippen LogP contribution in [0.1, 0.15) is 18.4 Å². The van der Waals surface area contributed by atoms with Gasteiger partial charge in [-0.2, -0.15) is 4.79 Å². The molecule has 0 bridgehead atoms. The number of amides is 1. The number of aromatic nitrogens is 1. The number of carboxylic acid groups (broad SMARTS) is 1. The molecule has 0 spiro atoms. The number of benzene rings is 1. The minimum absolute atomic E-state index is 0.144. The minimum atomic E-state index is -1.28. The SMILES string of the molecule is COc1ccc2c(CC(OC)C(=O)NC(CCC(=O)C=[N+]=[N-])C(=O)O)c[nH]c2c1. The average Bonchev–Trinajstić information content (AvgIpc) is 3.10. The molecule has 0 aliphatic heterocycles. The van der Waals surface area contributed by atoms with E-state index < -0.39 is 29.8 Å². The van der Waals surface area contributed by atoms with Crippen molar-refractivity contribution in [1.82, 2.24) is 10.3 Å². The van der Waals surface area contributed by atoms with Crippen LogP contribution in [0.2, 0.25) is 0 Å². The molecule has 0 saturated carbocycles. The van der Waals surface area contributed by atoms with Gasteiger partial charge in [0.15, 0.2) is 0 Å². The molecule has 29 heavy (non-hydrogen) atoms. The second-order valence-electron chi connectivity index (χ2n) is 6.30. The second-order valence-corrected chi connectivity index (χ2v) is 6.30. The monoisotopic (exact) mass is 402 g/mol. The number of fused-ring (bicyclic) bond motifs is 1. The van der Waals surface area contributed by atoms with Gasteiger partial charge < -0.3 is 30.4 Å². The molecule has 0 radical (unpaired) electrons. The molecular weight excluding hydrogens is 380 g/mol. The summed E-state index contributed by atoms with van der Waals surface area (Å²) in [6.07, 6.45) is 1.40. The Balaban J connectivity index is 2.08. The highest BCUT2D eigenvalue weighted by Gasteiger charge is 2.26. The van der Waals surface area contributed by atoms with Crippen molar-refractivity contribution >= 4 is 34.8 Å². The first kappa shape index (κ1) is 21.8. The highest BCUT2D eigenvalue weighted by Crippen LogP contribution is 2.24. The number of ether oxygens (including phenoxy) is 2. The van der Waals surface area contributed by atoms with Crippen molar-refractivity contribution in [2.24, 2.45) is 0 Å². The molecule has 2 rings (SSSR count). The standard InChI is InChI=1S/C19H22N4O6/c1-28-13-4-5-14-11(9-21-16(14)8-13)7-17(29-2)18(25)23-15(19(26)27)6-3-12(24)10-22-20/h4-5,8-10,15,17,21H,3,6-7H2,1-2H3,(H,23,25)(H,26,27). The lowest BCUT2D eigenvalue weighted by atomic mass is 10.0. The first-order valence-corrected chi connectivity index (χ1v) is 8.79. The van der Waals surface area contributed by atoms with E-state index in [0.29, 0.717) is 12.0 Å². The first-order valence-electron chi connectivity index (χ1n) is 8.79. The summed E-state index contributed by atoms with van der Waals surface area (Å²) in [5.41, 5.74) is 9.98. The van der Waals surface area contributed by atoms with Crippen molar-refractivity contribution in [3.05, 3.63) is 35.5 Å². The lowest BCUT2D eigenvalue weighted by molar-refractivity contribution is -0.144. The van der Waals surface area contributed by atoms with E-state index in [1.165, 1.54) is 7.11 Å². The van der Waals surface area contributed by atoms with E-state index in [9.17, 15) is 19.5 Å². The Bertz CT molecular complexity index is 947. The molecule has 2 atom stereocenters. The summed E-state index contributed by atoms with van der Waals surface area (Å²) in [6.45, 7) is 0. The number of carbonyl (C=O) groups excluding carboxylic acids is 2. The molecule has 2 unspecified atom stereocenters. The van der Waals surface area contributed by atoms with E-state index in [2.05, 4.69) is 15.1 Å². The molecule has 10 heteroatoms. The summed E-state index contributed by atoms with van der Waals surface area (Å²) in [5, 5.41) is 12.6. The summed E-state index contributed by atoms with van der Waals surface area (Å²) in [4.78, 5) is 41.0. The Morgan fingerprint density at radius 1 is 1.34 bits per heavy atom. The maximum atomic E-state index is 12.5. The summed E-state index contributed by atoms with van der Waals surface area (Å²) < 4.78 is 10.4. The van der Waals surface area contributed by atoms with Crippen molar-refractivity contribution in [2.75, 3.05) is 14.2 Å². The lowest BCUT2D eigenvalue weighted by Crippen LogP contribution is -2.46. The Labute approximate surface area is 166 Å². The summed E-state index contributed by atoms with van der Waals surface area (Å²) in [5.74, 6) is -1.74. The fourth-order valence-electron chi connectivity index (χ4n) is 2.88. The molecule has 1 aromatic heterocycles. The average molecular weight is 402 g/mol. The van der Waals surface area contributed by atoms with Crippen LogP contribution >= 0.6 is 0 Å². The van der Waals surface area contributed by atoms with Crippen molar-refractivity contribution in [1.29, 1.82) is 0 Å². The third-order valence-electron chi connectivity index (χ3n) is 4.45. The largest absolute Gasteiger partial charge is 0.497 e. The number of carboxylic acids is 1. The van der Waals surface area contributed by atoms with Gasteiger partial charge in [-0.15, -0.1) is 0 Å². The van der Waals surface area contributed by atoms with E-state index >= 15 is 0 Å². The second kappa shape index (κ2) is 10.2. The number of nitrogens with one attached hydrogen (secondary N) is 2. The van der Waals surface area contributed by atoms with Gasteiger partial charge >= 0.3 is 12.2 Å². The Morgan fingerprint density at radius 3 is 2.72 bits per heavy atom. The molecule has 0 aliphatic carbocycles. The van der Waals surface area contributed by atoms with Gasteiger partial charge in [-0.25, -0.2) is 4.79 Å². The van der Waals surface area contributed by atoms with Crippen molar-refractivity contribution < 1.29 is 33.8 Å². The lowest BCUT2D eigenvalue weighted by Gasteiger charge is -2.19. The van der Waals surface area contributed by atoms with Gasteiger partial charge in [-0.3, -0.25) is 9.59 Å².